The van der Waals surface area contributed by atoms with E-state index in [-0.39, 0.29) is 0 Å². The van der Waals surface area contributed by atoms with Gasteiger partial charge in [-0.1, -0.05) is 12.8 Å². The third kappa shape index (κ3) is 2.25. The zero-order chi connectivity index (χ0) is 11.8. The summed E-state index contributed by atoms with van der Waals surface area (Å²) in [5.41, 5.74) is 0.740. The Bertz CT molecular complexity index is 267. The smallest absolute Gasteiger partial charge is 0.0648 e. The van der Waals surface area contributed by atoms with Crippen molar-refractivity contribution in [2.24, 2.45) is 0 Å². The van der Waals surface area contributed by atoms with Gasteiger partial charge in [-0.2, -0.15) is 0 Å². The molecule has 17 heavy (non-hydrogen) atoms. The first-order chi connectivity index (χ1) is 8.23. The Balaban J connectivity index is 1.75. The van der Waals surface area contributed by atoms with Crippen molar-refractivity contribution in [3.05, 3.63) is 0 Å². The maximum absolute atomic E-state index is 5.64. The van der Waals surface area contributed by atoms with Crippen LogP contribution in [0.2, 0.25) is 0 Å². The van der Waals surface area contributed by atoms with Crippen LogP contribution >= 0.6 is 0 Å². The zero-order valence-electron chi connectivity index (χ0n) is 11.1. The van der Waals surface area contributed by atoms with E-state index in [9.17, 15) is 0 Å². The van der Waals surface area contributed by atoms with Gasteiger partial charge in [0, 0.05) is 30.8 Å². The van der Waals surface area contributed by atoms with Crippen LogP contribution in [0.25, 0.3) is 0 Å². The fraction of sp³-hybridized carbons (Fsp3) is 1.00. The van der Waals surface area contributed by atoms with E-state index in [2.05, 4.69) is 17.1 Å². The molecule has 1 atom stereocenters. The fourth-order valence-corrected chi connectivity index (χ4v) is 3.88. The van der Waals surface area contributed by atoms with E-state index in [0.29, 0.717) is 11.1 Å². The second kappa shape index (κ2) is 4.52. The SMILES string of the molecule is CC1(N2CCCNC3(CCCC3)C2)CCOC1. The lowest BCUT2D eigenvalue weighted by Gasteiger charge is -2.41. The summed E-state index contributed by atoms with van der Waals surface area (Å²) >= 11 is 0. The van der Waals surface area contributed by atoms with Crippen LogP contribution in [-0.2, 0) is 4.74 Å². The standard InChI is InChI=1S/C14H26N2O/c1-13(7-10-17-12-13)16-9-4-8-15-14(11-16)5-2-3-6-14/h15H,2-12H2,1H3. The Morgan fingerprint density at radius 3 is 2.65 bits per heavy atom. The van der Waals surface area contributed by atoms with Crippen molar-refractivity contribution >= 4 is 0 Å². The minimum Gasteiger partial charge on any atom is -0.379 e. The van der Waals surface area contributed by atoms with Gasteiger partial charge < -0.3 is 10.1 Å². The zero-order valence-corrected chi connectivity index (χ0v) is 11.1. The number of nitrogens with one attached hydrogen (secondary N) is 1. The largest absolute Gasteiger partial charge is 0.379 e. The Morgan fingerprint density at radius 1 is 1.12 bits per heavy atom. The van der Waals surface area contributed by atoms with Crippen LogP contribution in [0.5, 0.6) is 0 Å². The summed E-state index contributed by atoms with van der Waals surface area (Å²) < 4.78 is 5.64. The van der Waals surface area contributed by atoms with Crippen LogP contribution in [0.4, 0.5) is 0 Å². The maximum Gasteiger partial charge on any atom is 0.0648 e. The van der Waals surface area contributed by atoms with E-state index in [0.717, 1.165) is 13.2 Å². The molecule has 1 unspecified atom stereocenters. The van der Waals surface area contributed by atoms with Crippen molar-refractivity contribution in [1.29, 1.82) is 0 Å². The molecular formula is C14H26N2O. The Kier molecular flexibility index (Phi) is 3.18. The van der Waals surface area contributed by atoms with Gasteiger partial charge in [0.15, 0.2) is 0 Å². The molecule has 3 heteroatoms. The van der Waals surface area contributed by atoms with E-state index in [1.807, 2.05) is 0 Å². The topological polar surface area (TPSA) is 24.5 Å². The second-order valence-corrected chi connectivity index (χ2v) is 6.49. The van der Waals surface area contributed by atoms with Crippen LogP contribution in [0, 0.1) is 0 Å². The average molecular weight is 238 g/mol. The molecule has 2 aliphatic heterocycles. The lowest BCUT2D eigenvalue weighted by Crippen LogP contribution is -2.55. The molecule has 0 radical (unpaired) electrons. The summed E-state index contributed by atoms with van der Waals surface area (Å²) in [5, 5.41) is 3.85. The van der Waals surface area contributed by atoms with Crippen molar-refractivity contribution in [2.75, 3.05) is 32.8 Å². The molecule has 1 saturated carbocycles. The molecular weight excluding hydrogens is 212 g/mol. The minimum absolute atomic E-state index is 0.307. The second-order valence-electron chi connectivity index (χ2n) is 6.49. The highest BCUT2D eigenvalue weighted by atomic mass is 16.5. The highest BCUT2D eigenvalue weighted by Crippen LogP contribution is 2.35. The number of rotatable bonds is 1. The maximum atomic E-state index is 5.64. The van der Waals surface area contributed by atoms with Gasteiger partial charge in [0.2, 0.25) is 0 Å². The monoisotopic (exact) mass is 238 g/mol. The predicted octanol–water partition coefficient (Wildman–Crippen LogP) is 1.77. The van der Waals surface area contributed by atoms with Gasteiger partial charge >= 0.3 is 0 Å². The molecule has 0 bridgehead atoms. The summed E-state index contributed by atoms with van der Waals surface area (Å²) in [6.07, 6.45) is 8.07. The third-order valence-electron chi connectivity index (χ3n) is 5.12. The summed E-state index contributed by atoms with van der Waals surface area (Å²) in [5.74, 6) is 0. The average Bonchev–Trinajstić information content (AvgIpc) is 2.87. The molecule has 2 saturated heterocycles. The van der Waals surface area contributed by atoms with Gasteiger partial charge in [-0.05, 0) is 39.2 Å². The third-order valence-corrected chi connectivity index (χ3v) is 5.12. The van der Waals surface area contributed by atoms with Gasteiger partial charge in [-0.25, -0.2) is 0 Å². The summed E-state index contributed by atoms with van der Waals surface area (Å²) in [4.78, 5) is 2.73. The highest BCUT2D eigenvalue weighted by molar-refractivity contribution is 5.01. The number of hydrogen-bond acceptors (Lipinski definition) is 3. The van der Waals surface area contributed by atoms with Crippen molar-refractivity contribution in [2.45, 2.75) is 56.5 Å². The van der Waals surface area contributed by atoms with Crippen molar-refractivity contribution in [3.63, 3.8) is 0 Å². The number of ether oxygens (including phenoxy) is 1. The van der Waals surface area contributed by atoms with E-state index >= 15 is 0 Å². The quantitative estimate of drug-likeness (QED) is 0.753. The van der Waals surface area contributed by atoms with Crippen molar-refractivity contribution in [1.82, 2.24) is 10.2 Å². The molecule has 2 heterocycles. The van der Waals surface area contributed by atoms with Crippen LogP contribution < -0.4 is 5.32 Å². The molecule has 1 aliphatic carbocycles. The lowest BCUT2D eigenvalue weighted by atomic mass is 9.92. The molecule has 1 spiro atoms. The number of hydrogen-bond donors (Lipinski definition) is 1. The Labute approximate surface area is 105 Å². The minimum atomic E-state index is 0.307. The van der Waals surface area contributed by atoms with Gasteiger partial charge in [-0.3, -0.25) is 4.90 Å². The fourth-order valence-electron chi connectivity index (χ4n) is 3.88. The molecule has 0 amide bonds. The molecule has 0 aromatic rings. The van der Waals surface area contributed by atoms with E-state index < -0.39 is 0 Å². The van der Waals surface area contributed by atoms with Crippen molar-refractivity contribution in [3.8, 4) is 0 Å². The van der Waals surface area contributed by atoms with Gasteiger partial charge in [0.25, 0.3) is 0 Å². The first-order valence-electron chi connectivity index (χ1n) is 7.30. The van der Waals surface area contributed by atoms with Gasteiger partial charge in [0.1, 0.15) is 0 Å². The predicted molar refractivity (Wildman–Crippen MR) is 69.2 cm³/mol. The summed E-state index contributed by atoms with van der Waals surface area (Å²) in [7, 11) is 0. The van der Waals surface area contributed by atoms with Crippen LogP contribution in [0.3, 0.4) is 0 Å². The lowest BCUT2D eigenvalue weighted by molar-refractivity contribution is 0.0632. The van der Waals surface area contributed by atoms with Crippen molar-refractivity contribution < 1.29 is 4.74 Å². The first kappa shape index (κ1) is 11.9. The van der Waals surface area contributed by atoms with Gasteiger partial charge in [0.05, 0.1) is 6.61 Å². The Morgan fingerprint density at radius 2 is 1.94 bits per heavy atom. The molecule has 3 nitrogen and oxygen atoms in total. The molecule has 3 rings (SSSR count). The van der Waals surface area contributed by atoms with E-state index in [1.165, 1.54) is 58.2 Å². The first-order valence-corrected chi connectivity index (χ1v) is 7.30. The molecule has 1 N–H and O–H groups in total. The summed E-state index contributed by atoms with van der Waals surface area (Å²) in [6.45, 7) is 7.97. The molecule has 0 aromatic carbocycles. The van der Waals surface area contributed by atoms with E-state index in [1.54, 1.807) is 0 Å². The van der Waals surface area contributed by atoms with E-state index in [4.69, 9.17) is 4.74 Å². The molecule has 3 fully saturated rings. The van der Waals surface area contributed by atoms with Crippen LogP contribution in [0.1, 0.15) is 45.4 Å². The highest BCUT2D eigenvalue weighted by Gasteiger charge is 2.43. The molecule has 3 aliphatic rings. The summed E-state index contributed by atoms with van der Waals surface area (Å²) in [6, 6.07) is 0. The molecule has 0 aromatic heterocycles. The van der Waals surface area contributed by atoms with Gasteiger partial charge in [-0.15, -0.1) is 0 Å². The Hall–Kier alpha value is -0.120. The van der Waals surface area contributed by atoms with Crippen LogP contribution in [0.15, 0.2) is 0 Å². The molecule has 98 valence electrons. The normalized spacial score (nSPS) is 38.6. The number of nitrogens with zero attached hydrogens (tertiary/aromatic N) is 1. The van der Waals surface area contributed by atoms with Crippen LogP contribution in [-0.4, -0.2) is 48.8 Å².